The maximum absolute atomic E-state index is 11.3. The monoisotopic (exact) mass is 186 g/mol. The van der Waals surface area contributed by atoms with E-state index in [1.165, 1.54) is 5.06 Å². The number of rotatable bonds is 3. The molecule has 1 rings (SSSR count). The number of carbonyl (C=O) groups is 1. The van der Waals surface area contributed by atoms with Crippen LogP contribution in [0.2, 0.25) is 0 Å². The van der Waals surface area contributed by atoms with Crippen LogP contribution in [0.15, 0.2) is 0 Å². The molecule has 4 nitrogen and oxygen atoms in total. The lowest BCUT2D eigenvalue weighted by molar-refractivity contribution is -0.205. The van der Waals surface area contributed by atoms with E-state index < -0.39 is 0 Å². The van der Waals surface area contributed by atoms with Crippen molar-refractivity contribution in [1.29, 1.82) is 0 Å². The second-order valence-electron chi connectivity index (χ2n) is 4.24. The zero-order valence-corrected chi connectivity index (χ0v) is 8.38. The van der Waals surface area contributed by atoms with Gasteiger partial charge < -0.3 is 5.73 Å². The highest BCUT2D eigenvalue weighted by atomic mass is 16.7. The van der Waals surface area contributed by atoms with Crippen molar-refractivity contribution in [1.82, 2.24) is 5.06 Å². The van der Waals surface area contributed by atoms with E-state index in [1.807, 2.05) is 13.8 Å². The highest BCUT2D eigenvalue weighted by Gasteiger charge is 2.26. The van der Waals surface area contributed by atoms with Gasteiger partial charge in [-0.15, -0.1) is 0 Å². The number of hydrogen-bond acceptors (Lipinski definition) is 3. The molecule has 0 aliphatic carbocycles. The minimum atomic E-state index is -0.0625. The van der Waals surface area contributed by atoms with Crippen LogP contribution in [0.5, 0.6) is 0 Å². The summed E-state index contributed by atoms with van der Waals surface area (Å²) >= 11 is 0. The second-order valence-corrected chi connectivity index (χ2v) is 4.24. The van der Waals surface area contributed by atoms with Gasteiger partial charge in [-0.2, -0.15) is 0 Å². The number of hydroxylamine groups is 2. The Kier molecular flexibility index (Phi) is 3.27. The minimum Gasteiger partial charge on any atom is -0.330 e. The molecule has 76 valence electrons. The van der Waals surface area contributed by atoms with Gasteiger partial charge in [0.2, 0.25) is 5.91 Å². The molecule has 1 heterocycles. The van der Waals surface area contributed by atoms with Crippen LogP contribution in [0, 0.1) is 5.41 Å². The summed E-state index contributed by atoms with van der Waals surface area (Å²) in [4.78, 5) is 16.6. The molecule has 0 atom stereocenters. The fourth-order valence-corrected chi connectivity index (χ4v) is 1.18. The van der Waals surface area contributed by atoms with Crippen molar-refractivity contribution in [3.8, 4) is 0 Å². The first-order valence-corrected chi connectivity index (χ1v) is 4.68. The summed E-state index contributed by atoms with van der Waals surface area (Å²) in [5, 5.41) is 1.45. The van der Waals surface area contributed by atoms with Crippen LogP contribution in [-0.2, 0) is 9.63 Å². The third-order valence-corrected chi connectivity index (χ3v) is 2.18. The third kappa shape index (κ3) is 2.97. The summed E-state index contributed by atoms with van der Waals surface area (Å²) in [5.41, 5.74) is 5.51. The Morgan fingerprint density at radius 2 is 2.31 bits per heavy atom. The lowest BCUT2D eigenvalue weighted by atomic mass is 9.93. The fourth-order valence-electron chi connectivity index (χ4n) is 1.18. The topological polar surface area (TPSA) is 55.6 Å². The van der Waals surface area contributed by atoms with E-state index in [9.17, 15) is 4.79 Å². The van der Waals surface area contributed by atoms with Crippen molar-refractivity contribution in [3.63, 3.8) is 0 Å². The van der Waals surface area contributed by atoms with Gasteiger partial charge in [-0.25, -0.2) is 5.06 Å². The zero-order valence-electron chi connectivity index (χ0n) is 8.38. The summed E-state index contributed by atoms with van der Waals surface area (Å²) < 4.78 is 0. The van der Waals surface area contributed by atoms with Crippen molar-refractivity contribution >= 4 is 5.91 Å². The van der Waals surface area contributed by atoms with Gasteiger partial charge in [-0.1, -0.05) is 13.8 Å². The van der Waals surface area contributed by atoms with E-state index in [2.05, 4.69) is 0 Å². The lowest BCUT2D eigenvalue weighted by Gasteiger charge is -2.33. The molecule has 0 saturated carbocycles. The molecule has 0 aromatic carbocycles. The van der Waals surface area contributed by atoms with Crippen molar-refractivity contribution in [2.45, 2.75) is 26.7 Å². The van der Waals surface area contributed by atoms with E-state index >= 15 is 0 Å². The zero-order chi connectivity index (χ0) is 9.90. The van der Waals surface area contributed by atoms with Crippen LogP contribution in [0.1, 0.15) is 26.7 Å². The van der Waals surface area contributed by atoms with Crippen LogP contribution in [-0.4, -0.2) is 30.7 Å². The van der Waals surface area contributed by atoms with E-state index in [1.54, 1.807) is 0 Å². The van der Waals surface area contributed by atoms with Crippen molar-refractivity contribution < 1.29 is 9.63 Å². The van der Waals surface area contributed by atoms with E-state index in [0.717, 1.165) is 6.42 Å². The third-order valence-electron chi connectivity index (χ3n) is 2.18. The fraction of sp³-hybridized carbons (Fsp3) is 0.889. The van der Waals surface area contributed by atoms with Gasteiger partial charge in [-0.05, 0) is 18.4 Å². The average Bonchev–Trinajstić information content (AvgIpc) is 2.09. The maximum Gasteiger partial charge on any atom is 0.246 e. The molecule has 0 aromatic rings. The molecule has 0 aromatic heterocycles. The number of amides is 1. The normalized spacial score (nSPS) is 19.3. The Hall–Kier alpha value is -0.610. The summed E-state index contributed by atoms with van der Waals surface area (Å²) in [6.07, 6.45) is 1.43. The maximum atomic E-state index is 11.3. The van der Waals surface area contributed by atoms with Crippen LogP contribution in [0.3, 0.4) is 0 Å². The van der Waals surface area contributed by atoms with E-state index in [4.69, 9.17) is 10.6 Å². The minimum absolute atomic E-state index is 0.0625. The molecule has 13 heavy (non-hydrogen) atoms. The Morgan fingerprint density at radius 3 is 2.85 bits per heavy atom. The number of hydrogen-bond donors (Lipinski definition) is 1. The van der Waals surface area contributed by atoms with Gasteiger partial charge in [0.15, 0.2) is 0 Å². The van der Waals surface area contributed by atoms with Gasteiger partial charge >= 0.3 is 0 Å². The molecule has 0 radical (unpaired) electrons. The Labute approximate surface area is 79.0 Å². The molecular weight excluding hydrogens is 168 g/mol. The SMILES string of the molecule is CC(C)(CN)CN1OCCCC1=O. The first-order chi connectivity index (χ1) is 6.05. The molecule has 2 N–H and O–H groups in total. The average molecular weight is 186 g/mol. The van der Waals surface area contributed by atoms with E-state index in [0.29, 0.717) is 26.1 Å². The molecule has 1 fully saturated rings. The van der Waals surface area contributed by atoms with Crippen molar-refractivity contribution in [2.24, 2.45) is 11.1 Å². The predicted octanol–water partition coefficient (Wildman–Crippen LogP) is 0.525. The number of nitrogens with two attached hydrogens (primary N) is 1. The van der Waals surface area contributed by atoms with Gasteiger partial charge in [0.05, 0.1) is 13.2 Å². The summed E-state index contributed by atoms with van der Waals surface area (Å²) in [7, 11) is 0. The highest BCUT2D eigenvalue weighted by Crippen LogP contribution is 2.18. The number of carbonyl (C=O) groups excluding carboxylic acids is 1. The largest absolute Gasteiger partial charge is 0.330 e. The lowest BCUT2D eigenvalue weighted by Crippen LogP contribution is -2.44. The Bertz CT molecular complexity index is 192. The van der Waals surface area contributed by atoms with Crippen LogP contribution in [0.25, 0.3) is 0 Å². The predicted molar refractivity (Wildman–Crippen MR) is 49.7 cm³/mol. The van der Waals surface area contributed by atoms with Crippen molar-refractivity contribution in [2.75, 3.05) is 19.7 Å². The van der Waals surface area contributed by atoms with Crippen LogP contribution < -0.4 is 5.73 Å². The van der Waals surface area contributed by atoms with Gasteiger partial charge in [0.1, 0.15) is 0 Å². The quantitative estimate of drug-likeness (QED) is 0.699. The Morgan fingerprint density at radius 1 is 1.62 bits per heavy atom. The molecule has 1 aliphatic rings. The second kappa shape index (κ2) is 4.07. The van der Waals surface area contributed by atoms with Gasteiger partial charge in [-0.3, -0.25) is 9.63 Å². The molecule has 0 unspecified atom stereocenters. The molecular formula is C9H18N2O2. The van der Waals surface area contributed by atoms with Gasteiger partial charge in [0.25, 0.3) is 0 Å². The van der Waals surface area contributed by atoms with Gasteiger partial charge in [0, 0.05) is 6.42 Å². The standard InChI is InChI=1S/C9H18N2O2/c1-9(2,6-10)7-11-8(12)4-3-5-13-11/h3-7,10H2,1-2H3. The van der Waals surface area contributed by atoms with Crippen LogP contribution in [0.4, 0.5) is 0 Å². The molecule has 1 saturated heterocycles. The molecule has 1 amide bonds. The summed E-state index contributed by atoms with van der Waals surface area (Å²) in [6.45, 7) is 5.84. The van der Waals surface area contributed by atoms with Crippen LogP contribution >= 0.6 is 0 Å². The number of nitrogens with zero attached hydrogens (tertiary/aromatic N) is 1. The first kappa shape index (κ1) is 10.5. The molecule has 1 aliphatic heterocycles. The molecule has 0 bridgehead atoms. The summed E-state index contributed by atoms with van der Waals surface area (Å²) in [6, 6.07) is 0. The summed E-state index contributed by atoms with van der Waals surface area (Å²) in [5.74, 6) is 0.0766. The first-order valence-electron chi connectivity index (χ1n) is 4.68. The highest BCUT2D eigenvalue weighted by molar-refractivity contribution is 5.75. The van der Waals surface area contributed by atoms with Crippen molar-refractivity contribution in [3.05, 3.63) is 0 Å². The van der Waals surface area contributed by atoms with E-state index in [-0.39, 0.29) is 11.3 Å². The Balaban J connectivity index is 2.47. The molecule has 0 spiro atoms. The smallest absolute Gasteiger partial charge is 0.246 e. The molecule has 4 heteroatoms.